The predicted molar refractivity (Wildman–Crippen MR) is 111 cm³/mol. The molecule has 0 aliphatic rings. The molecule has 0 aliphatic heterocycles. The van der Waals surface area contributed by atoms with E-state index in [2.05, 4.69) is 48.2 Å². The summed E-state index contributed by atoms with van der Waals surface area (Å²) >= 11 is 0. The van der Waals surface area contributed by atoms with Gasteiger partial charge < -0.3 is 24.8 Å². The maximum Gasteiger partial charge on any atom is 0.191 e. The van der Waals surface area contributed by atoms with Crippen LogP contribution < -0.4 is 24.8 Å². The van der Waals surface area contributed by atoms with Crippen LogP contribution in [0, 0.1) is 0 Å². The third-order valence-electron chi connectivity index (χ3n) is 4.46. The van der Waals surface area contributed by atoms with E-state index in [1.807, 2.05) is 12.1 Å². The Bertz CT molecular complexity index is 570. The Hall–Kier alpha value is -2.15. The summed E-state index contributed by atoms with van der Waals surface area (Å²) in [5, 5.41) is 6.69. The van der Waals surface area contributed by atoms with Crippen LogP contribution in [-0.4, -0.2) is 64.4 Å². The average molecular weight is 381 g/mol. The highest BCUT2D eigenvalue weighted by Gasteiger charge is 2.15. The molecule has 1 aromatic rings. The van der Waals surface area contributed by atoms with Gasteiger partial charge in [-0.05, 0) is 27.7 Å². The van der Waals surface area contributed by atoms with Crippen LogP contribution >= 0.6 is 0 Å². The molecule has 0 aromatic heterocycles. The van der Waals surface area contributed by atoms with E-state index in [0.29, 0.717) is 35.9 Å². The minimum atomic E-state index is 0.509. The van der Waals surface area contributed by atoms with Crippen molar-refractivity contribution in [2.45, 2.75) is 46.3 Å². The lowest BCUT2D eigenvalue weighted by Gasteiger charge is -2.30. The van der Waals surface area contributed by atoms with Gasteiger partial charge in [0, 0.05) is 44.4 Å². The van der Waals surface area contributed by atoms with Crippen molar-refractivity contribution < 1.29 is 14.2 Å². The molecule has 0 saturated carbocycles. The molecule has 0 radical (unpaired) electrons. The van der Waals surface area contributed by atoms with Gasteiger partial charge >= 0.3 is 0 Å². The second kappa shape index (κ2) is 11.5. The Kier molecular flexibility index (Phi) is 9.78. The molecule has 2 N–H and O–H groups in total. The summed E-state index contributed by atoms with van der Waals surface area (Å²) in [4.78, 5) is 6.74. The molecule has 0 amide bonds. The quantitative estimate of drug-likeness (QED) is 0.480. The van der Waals surface area contributed by atoms with Gasteiger partial charge in [0.1, 0.15) is 17.2 Å². The van der Waals surface area contributed by atoms with Crippen molar-refractivity contribution in [3.63, 3.8) is 0 Å². The minimum Gasteiger partial charge on any atom is -0.496 e. The molecule has 154 valence electrons. The number of rotatable bonds is 10. The van der Waals surface area contributed by atoms with Gasteiger partial charge in [0.15, 0.2) is 5.96 Å². The number of hydrogen-bond donors (Lipinski definition) is 2. The maximum absolute atomic E-state index is 5.49. The molecule has 0 spiro atoms. The molecule has 0 bridgehead atoms. The van der Waals surface area contributed by atoms with Crippen molar-refractivity contribution in [1.82, 2.24) is 15.5 Å². The molecular weight excluding hydrogens is 344 g/mol. The molecule has 27 heavy (non-hydrogen) atoms. The third kappa shape index (κ3) is 6.82. The Labute approximate surface area is 164 Å². The second-order valence-electron chi connectivity index (χ2n) is 6.79. The summed E-state index contributed by atoms with van der Waals surface area (Å²) in [6, 6.07) is 4.71. The highest BCUT2D eigenvalue weighted by atomic mass is 16.5. The van der Waals surface area contributed by atoms with Crippen LogP contribution in [-0.2, 0) is 6.54 Å². The fourth-order valence-corrected chi connectivity index (χ4v) is 3.06. The highest BCUT2D eigenvalue weighted by Crippen LogP contribution is 2.33. The summed E-state index contributed by atoms with van der Waals surface area (Å²) in [7, 11) is 6.66. The maximum atomic E-state index is 5.49. The van der Waals surface area contributed by atoms with E-state index in [1.54, 1.807) is 28.4 Å². The average Bonchev–Trinajstić information content (AvgIpc) is 2.66. The van der Waals surface area contributed by atoms with E-state index in [4.69, 9.17) is 14.2 Å². The predicted octanol–water partition coefficient (Wildman–Crippen LogP) is 2.50. The van der Waals surface area contributed by atoms with Gasteiger partial charge in [0.05, 0.1) is 33.4 Å². The molecule has 0 atom stereocenters. The monoisotopic (exact) mass is 380 g/mol. The van der Waals surface area contributed by atoms with Crippen molar-refractivity contribution in [3.8, 4) is 17.2 Å². The van der Waals surface area contributed by atoms with E-state index < -0.39 is 0 Å². The van der Waals surface area contributed by atoms with Gasteiger partial charge in [-0.2, -0.15) is 0 Å². The van der Waals surface area contributed by atoms with Crippen LogP contribution in [0.4, 0.5) is 0 Å². The van der Waals surface area contributed by atoms with Crippen LogP contribution in [0.15, 0.2) is 17.1 Å². The van der Waals surface area contributed by atoms with Crippen molar-refractivity contribution in [3.05, 3.63) is 17.7 Å². The van der Waals surface area contributed by atoms with Crippen LogP contribution in [0.25, 0.3) is 0 Å². The zero-order valence-corrected chi connectivity index (χ0v) is 18.0. The Morgan fingerprint density at radius 2 is 1.52 bits per heavy atom. The Morgan fingerprint density at radius 1 is 0.963 bits per heavy atom. The lowest BCUT2D eigenvalue weighted by Crippen LogP contribution is -2.45. The first-order valence-corrected chi connectivity index (χ1v) is 9.37. The molecule has 0 fully saturated rings. The van der Waals surface area contributed by atoms with Crippen molar-refractivity contribution >= 4 is 5.96 Å². The number of ether oxygens (including phenoxy) is 3. The number of hydrogen-bond acceptors (Lipinski definition) is 5. The number of methoxy groups -OCH3 is 3. The molecule has 7 nitrogen and oxygen atoms in total. The molecule has 0 saturated heterocycles. The number of nitrogens with one attached hydrogen (secondary N) is 2. The Balaban J connectivity index is 2.72. The SMILES string of the molecule is CN=C(NCCN(C(C)C)C(C)C)NCc1c(OC)cc(OC)cc1OC. The number of aliphatic imine (C=N–C) groups is 1. The van der Waals surface area contributed by atoms with E-state index in [9.17, 15) is 0 Å². The first kappa shape index (κ1) is 22.9. The smallest absolute Gasteiger partial charge is 0.191 e. The van der Waals surface area contributed by atoms with Crippen molar-refractivity contribution in [2.75, 3.05) is 41.5 Å². The summed E-state index contributed by atoms with van der Waals surface area (Å²) in [6.45, 7) is 11.2. The molecule has 1 aromatic carbocycles. The number of guanidine groups is 1. The standard InChI is InChI=1S/C20H36N4O3/c1-14(2)24(15(3)4)10-9-22-20(21-5)23-13-17-18(26-7)11-16(25-6)12-19(17)27-8/h11-12,14-15H,9-10,13H2,1-8H3,(H2,21,22,23). The lowest BCUT2D eigenvalue weighted by molar-refractivity contribution is 0.178. The van der Waals surface area contributed by atoms with Crippen molar-refractivity contribution in [1.29, 1.82) is 0 Å². The Morgan fingerprint density at radius 3 is 1.93 bits per heavy atom. The lowest BCUT2D eigenvalue weighted by atomic mass is 10.1. The summed E-state index contributed by atoms with van der Waals surface area (Å²) in [5.41, 5.74) is 0.912. The first-order chi connectivity index (χ1) is 12.9. The van der Waals surface area contributed by atoms with Crippen LogP contribution in [0.2, 0.25) is 0 Å². The molecule has 0 unspecified atom stereocenters. The van der Waals surface area contributed by atoms with E-state index in [0.717, 1.165) is 24.6 Å². The van der Waals surface area contributed by atoms with E-state index >= 15 is 0 Å². The first-order valence-electron chi connectivity index (χ1n) is 9.37. The zero-order chi connectivity index (χ0) is 20.4. The zero-order valence-electron chi connectivity index (χ0n) is 18.0. The molecular formula is C20H36N4O3. The third-order valence-corrected chi connectivity index (χ3v) is 4.46. The summed E-state index contributed by atoms with van der Waals surface area (Å²) in [6.07, 6.45) is 0. The van der Waals surface area contributed by atoms with Gasteiger partial charge in [0.25, 0.3) is 0 Å². The van der Waals surface area contributed by atoms with E-state index in [1.165, 1.54) is 0 Å². The second-order valence-corrected chi connectivity index (χ2v) is 6.79. The summed E-state index contributed by atoms with van der Waals surface area (Å²) < 4.78 is 16.3. The van der Waals surface area contributed by atoms with Gasteiger partial charge in [-0.3, -0.25) is 9.89 Å². The van der Waals surface area contributed by atoms with Gasteiger partial charge in [-0.15, -0.1) is 0 Å². The molecule has 1 rings (SSSR count). The highest BCUT2D eigenvalue weighted by molar-refractivity contribution is 5.79. The van der Waals surface area contributed by atoms with Gasteiger partial charge in [-0.1, -0.05) is 0 Å². The van der Waals surface area contributed by atoms with Crippen LogP contribution in [0.5, 0.6) is 17.2 Å². The minimum absolute atomic E-state index is 0.509. The van der Waals surface area contributed by atoms with Crippen LogP contribution in [0.1, 0.15) is 33.3 Å². The van der Waals surface area contributed by atoms with E-state index in [-0.39, 0.29) is 0 Å². The molecule has 7 heteroatoms. The van der Waals surface area contributed by atoms with Gasteiger partial charge in [0.2, 0.25) is 0 Å². The fraction of sp³-hybridized carbons (Fsp3) is 0.650. The topological polar surface area (TPSA) is 67.4 Å². The largest absolute Gasteiger partial charge is 0.496 e. The number of nitrogens with zero attached hydrogens (tertiary/aromatic N) is 2. The number of benzene rings is 1. The fourth-order valence-electron chi connectivity index (χ4n) is 3.06. The summed E-state index contributed by atoms with van der Waals surface area (Å²) in [5.74, 6) is 2.85. The molecule has 0 heterocycles. The van der Waals surface area contributed by atoms with Crippen molar-refractivity contribution in [2.24, 2.45) is 4.99 Å². The van der Waals surface area contributed by atoms with Crippen LogP contribution in [0.3, 0.4) is 0 Å². The molecule has 0 aliphatic carbocycles. The van der Waals surface area contributed by atoms with Gasteiger partial charge in [-0.25, -0.2) is 0 Å². The normalized spacial score (nSPS) is 11.9.